The van der Waals surface area contributed by atoms with Crippen molar-refractivity contribution in [3.05, 3.63) is 65.2 Å². The van der Waals surface area contributed by atoms with Crippen molar-refractivity contribution in [2.45, 2.75) is 31.5 Å². The maximum Gasteiger partial charge on any atom is 0.430 e. The minimum absolute atomic E-state index is 0.207. The topological polar surface area (TPSA) is 9.23 Å². The lowest BCUT2D eigenvalue weighted by Gasteiger charge is -2.39. The molecule has 0 saturated heterocycles. The molecule has 2 radical (unpaired) electrons. The van der Waals surface area contributed by atoms with Crippen molar-refractivity contribution in [3.63, 3.8) is 0 Å². The second kappa shape index (κ2) is 7.02. The minimum Gasteiger partial charge on any atom is -0.349 e. The molecule has 0 aromatic heterocycles. The summed E-state index contributed by atoms with van der Waals surface area (Å²) < 4.78 is 86.7. The van der Waals surface area contributed by atoms with Gasteiger partial charge in [0.05, 0.1) is 6.61 Å². The van der Waals surface area contributed by atoms with Crippen molar-refractivity contribution in [1.82, 2.24) is 0 Å². The Labute approximate surface area is 149 Å². The van der Waals surface area contributed by atoms with Crippen molar-refractivity contribution >= 4 is 20.7 Å². The number of ether oxygens (including phenoxy) is 1. The van der Waals surface area contributed by atoms with Crippen LogP contribution in [0.5, 0.6) is 0 Å². The van der Waals surface area contributed by atoms with Gasteiger partial charge in [0.15, 0.2) is 16.3 Å². The molecule has 0 aliphatic carbocycles. The van der Waals surface area contributed by atoms with E-state index in [0.29, 0.717) is 0 Å². The molecule has 25 heavy (non-hydrogen) atoms. The third-order valence-electron chi connectivity index (χ3n) is 3.68. The van der Waals surface area contributed by atoms with E-state index >= 15 is 0 Å². The molecule has 0 spiro atoms. The van der Waals surface area contributed by atoms with Gasteiger partial charge in [-0.2, -0.15) is 26.3 Å². The Morgan fingerprint density at radius 3 is 1.96 bits per heavy atom. The van der Waals surface area contributed by atoms with Crippen LogP contribution in [0.15, 0.2) is 48.5 Å². The Morgan fingerprint density at radius 2 is 1.44 bits per heavy atom. The Balaban J connectivity index is 2.63. The molecule has 0 fully saturated rings. The first kappa shape index (κ1) is 19.8. The normalized spacial score (nSPS) is 13.1. The fraction of sp³-hybridized carbons (Fsp3) is 0.294. The molecule has 0 bridgehead atoms. The number of halogens is 6. The Morgan fingerprint density at radius 1 is 0.880 bits per heavy atom. The summed E-state index contributed by atoms with van der Waals surface area (Å²) in [5.41, 5.74) is -4.92. The van der Waals surface area contributed by atoms with Crippen molar-refractivity contribution < 1.29 is 31.1 Å². The van der Waals surface area contributed by atoms with Gasteiger partial charge in [0.2, 0.25) is 0 Å². The predicted octanol–water partition coefficient (Wildman–Crippen LogP) is 4.33. The predicted molar refractivity (Wildman–Crippen MR) is 81.6 cm³/mol. The van der Waals surface area contributed by atoms with Crippen LogP contribution >= 0.6 is 0 Å². The summed E-state index contributed by atoms with van der Waals surface area (Å²) in [6, 6.07) is 10.9. The van der Waals surface area contributed by atoms with Crippen LogP contribution < -0.4 is 4.43 Å². The fourth-order valence-electron chi connectivity index (χ4n) is 2.45. The van der Waals surface area contributed by atoms with Gasteiger partial charge in [0.1, 0.15) is 0 Å². The minimum atomic E-state index is -5.70. The largest absolute Gasteiger partial charge is 0.430 e. The van der Waals surface area contributed by atoms with Gasteiger partial charge in [-0.15, -0.1) is 4.43 Å². The van der Waals surface area contributed by atoms with Crippen LogP contribution in [0.3, 0.4) is 0 Å². The molecule has 0 atom stereocenters. The summed E-state index contributed by atoms with van der Waals surface area (Å²) >= 11 is 1.91. The second-order valence-corrected chi connectivity index (χ2v) is 6.16. The average Bonchev–Trinajstić information content (AvgIpc) is 2.49. The molecule has 0 amide bonds. The van der Waals surface area contributed by atoms with E-state index in [9.17, 15) is 26.3 Å². The van der Waals surface area contributed by atoms with Gasteiger partial charge in [-0.05, 0) is 18.1 Å². The summed E-state index contributed by atoms with van der Waals surface area (Å²) in [7, 11) is 0. The van der Waals surface area contributed by atoms with Crippen molar-refractivity contribution in [2.24, 2.45) is 0 Å². The van der Waals surface area contributed by atoms with E-state index < -0.39 is 30.1 Å². The first-order valence-electron chi connectivity index (χ1n) is 7.17. The number of alkyl halides is 6. The van der Waals surface area contributed by atoms with Crippen LogP contribution in [0.2, 0.25) is 0 Å². The van der Waals surface area contributed by atoms with Gasteiger partial charge in [-0.1, -0.05) is 54.1 Å². The molecule has 0 unspecified atom stereocenters. The molecule has 0 N–H and O–H groups in total. The Bertz CT molecular complexity index is 710. The summed E-state index contributed by atoms with van der Waals surface area (Å²) in [6.45, 7) is 0.584. The molecule has 0 aliphatic heterocycles. The monoisotopic (exact) mass is 374 g/mol. The maximum atomic E-state index is 13.7. The van der Waals surface area contributed by atoms with Gasteiger partial charge in [0.25, 0.3) is 5.60 Å². The summed E-state index contributed by atoms with van der Waals surface area (Å²) in [6.07, 6.45) is -11.4. The van der Waals surface area contributed by atoms with Crippen molar-refractivity contribution in [3.8, 4) is 0 Å². The molecule has 8 heteroatoms. The Hall–Kier alpha value is -1.49. The van der Waals surface area contributed by atoms with Gasteiger partial charge in [-0.25, -0.2) is 0 Å². The van der Waals surface area contributed by atoms with Gasteiger partial charge in [0, 0.05) is 0 Å². The van der Waals surface area contributed by atoms with Gasteiger partial charge < -0.3 is 4.74 Å². The number of hydrogen-bond acceptors (Lipinski definition) is 1. The first-order valence-corrected chi connectivity index (χ1v) is 7.74. The third-order valence-corrected chi connectivity index (χ3v) is 4.19. The van der Waals surface area contributed by atoms with Crippen LogP contribution in [-0.4, -0.2) is 28.6 Å². The number of benzene rings is 2. The van der Waals surface area contributed by atoms with Crippen LogP contribution in [0.4, 0.5) is 26.3 Å². The lowest BCUT2D eigenvalue weighted by molar-refractivity contribution is -0.392. The van der Waals surface area contributed by atoms with Gasteiger partial charge >= 0.3 is 12.4 Å². The van der Waals surface area contributed by atoms with E-state index in [0.717, 1.165) is 6.07 Å². The highest BCUT2D eigenvalue weighted by Gasteiger charge is 2.73. The van der Waals surface area contributed by atoms with E-state index in [1.54, 1.807) is 6.07 Å². The van der Waals surface area contributed by atoms with Crippen LogP contribution in [0.1, 0.15) is 16.7 Å². The van der Waals surface area contributed by atoms with Crippen molar-refractivity contribution in [2.75, 3.05) is 0 Å². The first-order chi connectivity index (χ1) is 11.5. The zero-order valence-corrected chi connectivity index (χ0v) is 14.2. The lowest BCUT2D eigenvalue weighted by atomic mass is 9.90. The van der Waals surface area contributed by atoms with E-state index in [1.807, 2.05) is 16.3 Å². The molecule has 2 aromatic carbocycles. The smallest absolute Gasteiger partial charge is 0.349 e. The number of rotatable bonds is 4. The van der Waals surface area contributed by atoms with E-state index in [4.69, 9.17) is 0 Å². The van der Waals surface area contributed by atoms with Gasteiger partial charge in [-0.3, -0.25) is 0 Å². The number of aryl methyl sites for hydroxylation is 1. The molecule has 132 valence electrons. The summed E-state index contributed by atoms with van der Waals surface area (Å²) in [5.74, 6) is 0. The quantitative estimate of drug-likeness (QED) is 0.572. The maximum absolute atomic E-state index is 13.7. The number of hydrogen-bond donors (Lipinski definition) is 0. The molecule has 1 nitrogen and oxygen atoms in total. The third kappa shape index (κ3) is 3.86. The molecule has 2 rings (SSSR count). The highest BCUT2D eigenvalue weighted by Crippen LogP contribution is 2.52. The van der Waals surface area contributed by atoms with Crippen molar-refractivity contribution in [1.29, 1.82) is 0 Å². The molecule has 0 aliphatic rings. The fourth-order valence-corrected chi connectivity index (χ4v) is 2.83. The standard InChI is InChI=1S/C17H13F6O.Al/c1-12-6-5-9-14(10-12)15(16(18,19)20,17(21,22)23)24-11-13-7-3-2-4-8-13;/h2-8,10H,11H2,1H3;. The summed E-state index contributed by atoms with van der Waals surface area (Å²) in [5, 5.41) is 0. The molecule has 0 heterocycles. The van der Waals surface area contributed by atoms with E-state index in [2.05, 4.69) is 4.74 Å². The van der Waals surface area contributed by atoms with E-state index in [-0.39, 0.29) is 15.6 Å². The molecule has 0 saturated carbocycles. The van der Waals surface area contributed by atoms with Crippen LogP contribution in [-0.2, 0) is 16.9 Å². The lowest BCUT2D eigenvalue weighted by Crippen LogP contribution is -2.57. The zero-order chi connectivity index (χ0) is 18.9. The highest BCUT2D eigenvalue weighted by molar-refractivity contribution is 6.33. The summed E-state index contributed by atoms with van der Waals surface area (Å²) in [4.78, 5) is 0. The molecule has 2 aromatic rings. The SMILES string of the molecule is Cc1cc[c]([Al])c(C(OCc2ccccc2)(C(F)(F)F)C(F)(F)F)c1. The molecular formula is C17H13AlF6O. The molecular weight excluding hydrogens is 361 g/mol. The van der Waals surface area contributed by atoms with Crippen LogP contribution in [0, 0.1) is 6.92 Å². The highest BCUT2D eigenvalue weighted by atomic mass is 27.0. The second-order valence-electron chi connectivity index (χ2n) is 5.54. The average molecular weight is 374 g/mol. The zero-order valence-electron chi connectivity index (χ0n) is 13.1. The van der Waals surface area contributed by atoms with Crippen LogP contribution in [0.25, 0.3) is 0 Å². The Kier molecular flexibility index (Phi) is 5.57. The van der Waals surface area contributed by atoms with E-state index in [1.165, 1.54) is 43.3 Å².